The summed E-state index contributed by atoms with van der Waals surface area (Å²) in [5, 5.41) is 37.6. The number of aromatic hydroxyl groups is 1. The summed E-state index contributed by atoms with van der Waals surface area (Å²) in [6.07, 6.45) is 0.617. The molecule has 0 aliphatic carbocycles. The Balaban J connectivity index is 0.933. The molecular formula is C85H106N12O18. The summed E-state index contributed by atoms with van der Waals surface area (Å²) in [7, 11) is 0. The number of unbranched alkanes of at least 4 members (excludes halogenated alkanes) is 3. The number of phenolic OH excluding ortho intramolecular Hbond substituents is 1. The highest BCUT2D eigenvalue weighted by atomic mass is 16.6. The summed E-state index contributed by atoms with van der Waals surface area (Å²) in [5.74, 6) is -8.29. The number of aromatic amines is 1. The van der Waals surface area contributed by atoms with E-state index in [4.69, 9.17) is 24.7 Å². The third kappa shape index (κ3) is 33.3. The molecule has 1 aromatic heterocycles. The molecule has 30 nitrogen and oxygen atoms in total. The van der Waals surface area contributed by atoms with Gasteiger partial charge in [-0.2, -0.15) is 0 Å². The molecule has 0 saturated carbocycles. The number of nitrogens with two attached hydrogens (primary N) is 1. The van der Waals surface area contributed by atoms with E-state index in [0.717, 1.165) is 22.0 Å². The standard InChI is InChI=1S/C85H106N12O18/c1-84(2,3)114-73(102)50-69(81(109)93-66(76(86)104)47-55-27-11-7-12-28-55)94-78(106)65(92-80(108)68(49-60-51-89-63-36-20-19-35-62(60)63)95-82(110)113-53-57-29-13-8-14-30-57)38-24-26-46-88-71(100)40-22-21-39-70(99)87-45-25-23-37-64(91-79(107)67(96-83(111)115-85(4,5)6)48-56-41-43-61(98)44-42-56)77(105)90-52-74(103)112-54-72(101)97-75(58-31-15-9-16-32-58)59-33-17-10-18-34-59/h7-20,27-36,41-44,51,64-69,75,89,98H,21-26,37-40,45-50,52-54H2,1-6H3,(H2,86,104)(H,87,99)(H,88,100)(H,90,105)(H,91,107)(H,92,108)(H,93,109)(H,94,106)(H,95,110)(H,96,111)(H,97,101)/t64-,65-,66-,67-,68-,69-/m0/s1. The average Bonchev–Trinajstić information content (AvgIpc) is 1.74. The maximum atomic E-state index is 14.7. The Labute approximate surface area is 668 Å². The molecule has 0 fully saturated rings. The van der Waals surface area contributed by atoms with Crippen LogP contribution < -0.4 is 58.9 Å². The molecule has 0 saturated heterocycles. The Bertz CT molecular complexity index is 4330. The van der Waals surface area contributed by atoms with E-state index in [0.29, 0.717) is 41.5 Å². The van der Waals surface area contributed by atoms with Gasteiger partial charge in [0.2, 0.25) is 47.3 Å². The van der Waals surface area contributed by atoms with Gasteiger partial charge >= 0.3 is 24.1 Å². The van der Waals surface area contributed by atoms with Gasteiger partial charge in [-0.25, -0.2) is 9.59 Å². The number of carbonyl (C=O) groups excluding carboxylic acids is 13. The van der Waals surface area contributed by atoms with Gasteiger partial charge in [-0.1, -0.05) is 152 Å². The van der Waals surface area contributed by atoms with Crippen LogP contribution in [0.1, 0.15) is 152 Å². The number of primary amides is 1. The monoisotopic (exact) mass is 1580 g/mol. The van der Waals surface area contributed by atoms with Gasteiger partial charge in [0.1, 0.15) is 66.4 Å². The van der Waals surface area contributed by atoms with E-state index in [-0.39, 0.29) is 101 Å². The van der Waals surface area contributed by atoms with Crippen LogP contribution in [0.4, 0.5) is 9.59 Å². The molecular weight excluding hydrogens is 1480 g/mol. The number of phenols is 1. The van der Waals surface area contributed by atoms with Crippen LogP contribution in [-0.2, 0) is 97.6 Å². The number of benzene rings is 6. The van der Waals surface area contributed by atoms with Crippen molar-refractivity contribution in [2.24, 2.45) is 5.73 Å². The van der Waals surface area contributed by atoms with E-state index in [2.05, 4.69) is 58.2 Å². The predicted molar refractivity (Wildman–Crippen MR) is 427 cm³/mol. The molecule has 14 N–H and O–H groups in total. The zero-order valence-electron chi connectivity index (χ0n) is 65.7. The van der Waals surface area contributed by atoms with Crippen molar-refractivity contribution in [2.45, 2.75) is 192 Å². The largest absolute Gasteiger partial charge is 0.508 e. The number of rotatable bonds is 44. The summed E-state index contributed by atoms with van der Waals surface area (Å²) in [6, 6.07) is 40.3. The smallest absolute Gasteiger partial charge is 0.408 e. The van der Waals surface area contributed by atoms with Crippen molar-refractivity contribution in [1.29, 1.82) is 0 Å². The molecule has 6 aromatic carbocycles. The third-order valence-electron chi connectivity index (χ3n) is 17.8. The second-order valence-corrected chi connectivity index (χ2v) is 29.6. The minimum atomic E-state index is -1.67. The molecule has 0 spiro atoms. The van der Waals surface area contributed by atoms with Crippen LogP contribution in [0.5, 0.6) is 5.75 Å². The highest BCUT2D eigenvalue weighted by Gasteiger charge is 2.35. The molecule has 6 atom stereocenters. The van der Waals surface area contributed by atoms with Crippen LogP contribution in [0, 0.1) is 0 Å². The number of carbonyl (C=O) groups is 13. The number of aromatic nitrogens is 1. The molecule has 0 aliphatic heterocycles. The number of alkyl carbamates (subject to hydrolysis) is 2. The van der Waals surface area contributed by atoms with E-state index in [1.54, 1.807) is 121 Å². The van der Waals surface area contributed by atoms with Gasteiger partial charge < -0.3 is 87.9 Å². The molecule has 0 unspecified atom stereocenters. The van der Waals surface area contributed by atoms with Crippen molar-refractivity contribution in [3.8, 4) is 5.75 Å². The van der Waals surface area contributed by atoms with Crippen LogP contribution in [-0.4, -0.2) is 161 Å². The first-order valence-electron chi connectivity index (χ1n) is 38.4. The lowest BCUT2D eigenvalue weighted by Gasteiger charge is -2.27. The number of nitrogens with one attached hydrogen (secondary N) is 11. The van der Waals surface area contributed by atoms with Gasteiger partial charge in [0.25, 0.3) is 5.91 Å². The van der Waals surface area contributed by atoms with Crippen molar-refractivity contribution in [3.05, 3.63) is 209 Å². The number of fused-ring (bicyclic) bond motifs is 1. The molecule has 614 valence electrons. The Hall–Kier alpha value is -12.6. The van der Waals surface area contributed by atoms with Crippen LogP contribution >= 0.6 is 0 Å². The highest BCUT2D eigenvalue weighted by Crippen LogP contribution is 2.24. The second-order valence-electron chi connectivity index (χ2n) is 29.6. The first-order valence-corrected chi connectivity index (χ1v) is 38.4. The Kier molecular flexibility index (Phi) is 35.7. The molecule has 7 rings (SSSR count). The van der Waals surface area contributed by atoms with E-state index < -0.39 is 139 Å². The molecule has 0 radical (unpaired) electrons. The van der Waals surface area contributed by atoms with Gasteiger partial charge in [-0.05, 0) is 144 Å². The van der Waals surface area contributed by atoms with Crippen molar-refractivity contribution in [3.63, 3.8) is 0 Å². The van der Waals surface area contributed by atoms with E-state index in [9.17, 15) is 67.4 Å². The van der Waals surface area contributed by atoms with Gasteiger partial charge in [0.15, 0.2) is 6.61 Å². The summed E-state index contributed by atoms with van der Waals surface area (Å²) in [4.78, 5) is 180. The van der Waals surface area contributed by atoms with Crippen LogP contribution in [0.15, 0.2) is 176 Å². The van der Waals surface area contributed by atoms with Gasteiger partial charge in [-0.15, -0.1) is 0 Å². The molecule has 30 heteroatoms. The van der Waals surface area contributed by atoms with Crippen molar-refractivity contribution in [2.75, 3.05) is 26.2 Å². The lowest BCUT2D eigenvalue weighted by Crippen LogP contribution is -2.59. The van der Waals surface area contributed by atoms with E-state index in [1.165, 1.54) is 12.1 Å². The fraction of sp³-hybridized carbons (Fsp3) is 0.400. The zero-order valence-corrected chi connectivity index (χ0v) is 65.7. The number of amides is 11. The first kappa shape index (κ1) is 89.6. The number of H-pyrrole nitrogens is 1. The van der Waals surface area contributed by atoms with Gasteiger partial charge in [0, 0.05) is 62.3 Å². The van der Waals surface area contributed by atoms with Crippen molar-refractivity contribution >= 4 is 88.2 Å². The second kappa shape index (κ2) is 45.8. The van der Waals surface area contributed by atoms with E-state index in [1.807, 2.05) is 84.9 Å². The normalized spacial score (nSPS) is 12.8. The molecule has 0 aliphatic rings. The van der Waals surface area contributed by atoms with E-state index >= 15 is 0 Å². The Morgan fingerprint density at radius 1 is 0.417 bits per heavy atom. The fourth-order valence-electron chi connectivity index (χ4n) is 12.1. The molecule has 11 amide bonds. The highest BCUT2D eigenvalue weighted by molar-refractivity contribution is 5.97. The number of para-hydroxylation sites is 1. The Morgan fingerprint density at radius 3 is 1.43 bits per heavy atom. The summed E-state index contributed by atoms with van der Waals surface area (Å²) >= 11 is 0. The van der Waals surface area contributed by atoms with Crippen LogP contribution in [0.25, 0.3) is 10.9 Å². The lowest BCUT2D eigenvalue weighted by atomic mass is 9.99. The number of esters is 2. The van der Waals surface area contributed by atoms with Crippen LogP contribution in [0.2, 0.25) is 0 Å². The first-order chi connectivity index (χ1) is 54.9. The predicted octanol–water partition coefficient (Wildman–Crippen LogP) is 6.94. The van der Waals surface area contributed by atoms with Crippen molar-refractivity contribution in [1.82, 2.24) is 58.2 Å². The lowest BCUT2D eigenvalue weighted by molar-refractivity contribution is -0.156. The summed E-state index contributed by atoms with van der Waals surface area (Å²) in [5.41, 5.74) is 8.67. The maximum Gasteiger partial charge on any atom is 0.408 e. The minimum Gasteiger partial charge on any atom is -0.508 e. The maximum absolute atomic E-state index is 14.7. The molecule has 0 bridgehead atoms. The summed E-state index contributed by atoms with van der Waals surface area (Å²) in [6.45, 7) is 8.57. The topological polar surface area (TPSA) is 441 Å². The van der Waals surface area contributed by atoms with Gasteiger partial charge in [0.05, 0.1) is 12.5 Å². The van der Waals surface area contributed by atoms with Crippen LogP contribution in [0.3, 0.4) is 0 Å². The quantitative estimate of drug-likeness (QED) is 0.0104. The number of ether oxygens (including phenoxy) is 4. The van der Waals surface area contributed by atoms with Gasteiger partial charge in [-0.3, -0.25) is 52.7 Å². The Morgan fingerprint density at radius 2 is 0.878 bits per heavy atom. The molecule has 1 heterocycles. The fourth-order valence-corrected chi connectivity index (χ4v) is 12.1. The summed E-state index contributed by atoms with van der Waals surface area (Å²) < 4.78 is 21.8. The average molecular weight is 1580 g/mol. The number of hydrogen-bond donors (Lipinski definition) is 13. The minimum absolute atomic E-state index is 0.0126. The van der Waals surface area contributed by atoms with Crippen molar-refractivity contribution < 1.29 is 86.4 Å². The third-order valence-corrected chi connectivity index (χ3v) is 17.8. The molecule has 115 heavy (non-hydrogen) atoms. The SMILES string of the molecule is CC(C)(C)OC(=O)C[C@H](NC(=O)[C@H](CCCCNC(=O)CCCCC(=O)NCCCC[C@H](NC(=O)[C@H](Cc1ccc(O)cc1)NC(=O)OC(C)(C)C)C(=O)NCC(=O)OCC(=O)NC(c1ccccc1)c1ccccc1)NC(=O)[C@H](Cc1c[nH]c2ccccc12)NC(=O)OCc1ccccc1)C(=O)N[C@@H](Cc1ccccc1)C(N)=O. The zero-order chi connectivity index (χ0) is 83.3. The molecule has 7 aromatic rings. The number of hydrogen-bond acceptors (Lipinski definition) is 18.